The SMILES string of the molecule is O=P(O)(O)CP(=O)(O)OC[C@H]1O[C@@H](c2cnc3c(NC4CCCC4)ncnn23)[C@H](O)[C@@H]1O. The highest BCUT2D eigenvalue weighted by Gasteiger charge is 2.46. The molecule has 1 unspecified atom stereocenters. The Balaban J connectivity index is 1.49. The van der Waals surface area contributed by atoms with Gasteiger partial charge in [-0.25, -0.2) is 14.5 Å². The van der Waals surface area contributed by atoms with Crippen molar-refractivity contribution >= 4 is 26.7 Å². The van der Waals surface area contributed by atoms with Crippen molar-refractivity contribution < 1.29 is 43.3 Å². The van der Waals surface area contributed by atoms with Crippen LogP contribution in [0.1, 0.15) is 37.5 Å². The van der Waals surface area contributed by atoms with Crippen LogP contribution < -0.4 is 5.32 Å². The number of aromatic nitrogens is 4. The molecule has 2 aromatic heterocycles. The maximum atomic E-state index is 11.8. The lowest BCUT2D eigenvalue weighted by Gasteiger charge is -2.18. The summed E-state index contributed by atoms with van der Waals surface area (Å²) in [4.78, 5) is 35.9. The molecule has 6 N–H and O–H groups in total. The molecular weight excluding hydrogens is 468 g/mol. The third-order valence-corrected chi connectivity index (χ3v) is 8.94. The largest absolute Gasteiger partial charge is 0.387 e. The van der Waals surface area contributed by atoms with Crippen LogP contribution in [0.3, 0.4) is 0 Å². The molecule has 14 nitrogen and oxygen atoms in total. The van der Waals surface area contributed by atoms with Crippen LogP contribution >= 0.6 is 15.2 Å². The molecule has 0 spiro atoms. The molecular formula is C16H25N5O9P2. The van der Waals surface area contributed by atoms with Gasteiger partial charge in [0.05, 0.1) is 18.5 Å². The quantitative estimate of drug-likeness (QED) is 0.267. The van der Waals surface area contributed by atoms with E-state index in [0.717, 1.165) is 25.7 Å². The lowest BCUT2D eigenvalue weighted by atomic mass is 10.1. The summed E-state index contributed by atoms with van der Waals surface area (Å²) >= 11 is 0. The molecule has 1 aliphatic carbocycles. The summed E-state index contributed by atoms with van der Waals surface area (Å²) < 4.78 is 34.6. The summed E-state index contributed by atoms with van der Waals surface area (Å²) in [5.74, 6) is -0.833. The van der Waals surface area contributed by atoms with E-state index in [9.17, 15) is 24.2 Å². The average Bonchev–Trinajstić information content (AvgIpc) is 3.41. The van der Waals surface area contributed by atoms with E-state index in [1.807, 2.05) is 0 Å². The molecule has 0 amide bonds. The minimum atomic E-state index is -4.79. The summed E-state index contributed by atoms with van der Waals surface area (Å²) in [5, 5.41) is 28.3. The topological polar surface area (TPSA) is 209 Å². The summed E-state index contributed by atoms with van der Waals surface area (Å²) in [6.07, 6.45) is 1.86. The molecule has 0 radical (unpaired) electrons. The maximum absolute atomic E-state index is 11.8. The molecule has 2 aromatic rings. The molecule has 3 heterocycles. The summed E-state index contributed by atoms with van der Waals surface area (Å²) in [6, 6.07) is 0.285. The fraction of sp³-hybridized carbons (Fsp3) is 0.688. The Morgan fingerprint density at radius 2 is 1.88 bits per heavy atom. The van der Waals surface area contributed by atoms with Crippen molar-refractivity contribution in [3.05, 3.63) is 18.2 Å². The van der Waals surface area contributed by atoms with Gasteiger partial charge in [0.1, 0.15) is 30.7 Å². The van der Waals surface area contributed by atoms with Gasteiger partial charge in [-0.1, -0.05) is 12.8 Å². The van der Waals surface area contributed by atoms with Gasteiger partial charge in [-0.05, 0) is 12.8 Å². The van der Waals surface area contributed by atoms with Crippen molar-refractivity contribution in [1.29, 1.82) is 0 Å². The maximum Gasteiger partial charge on any atom is 0.340 e. The van der Waals surface area contributed by atoms with Crippen LogP contribution in [0.2, 0.25) is 0 Å². The Kier molecular flexibility index (Phi) is 6.70. The lowest BCUT2D eigenvalue weighted by molar-refractivity contribution is -0.0204. The van der Waals surface area contributed by atoms with Gasteiger partial charge in [0, 0.05) is 6.04 Å². The van der Waals surface area contributed by atoms with Crippen LogP contribution in [0.15, 0.2) is 12.5 Å². The Bertz CT molecular complexity index is 1060. The third kappa shape index (κ3) is 5.19. The summed E-state index contributed by atoms with van der Waals surface area (Å²) in [7, 11) is -9.43. The zero-order valence-electron chi connectivity index (χ0n) is 16.8. The highest BCUT2D eigenvalue weighted by molar-refractivity contribution is 7.70. The standard InChI is InChI=1S/C16H25N5O9P2/c22-12-11(6-29-32(27,28)8-31(24,25)26)30-14(13(12)23)10-5-17-16-15(18-7-19-21(10)16)20-9-3-1-2-4-9/h5,7,9,11-14,22-23H,1-4,6,8H2,(H,27,28)(H,18,19,20)(H2,24,25,26)/t11-,12-,13-,14+/m1/s1. The molecule has 16 heteroatoms. The van der Waals surface area contributed by atoms with E-state index in [1.165, 1.54) is 17.0 Å². The van der Waals surface area contributed by atoms with Gasteiger partial charge >= 0.3 is 15.2 Å². The van der Waals surface area contributed by atoms with Gasteiger partial charge in [-0.2, -0.15) is 5.10 Å². The van der Waals surface area contributed by atoms with E-state index in [1.54, 1.807) is 0 Å². The Morgan fingerprint density at radius 3 is 2.56 bits per heavy atom. The van der Waals surface area contributed by atoms with Crippen LogP contribution in [-0.4, -0.2) is 81.3 Å². The predicted octanol–water partition coefficient (Wildman–Crippen LogP) is -0.0223. The number of hydrogen-bond acceptors (Lipinski definition) is 10. The predicted molar refractivity (Wildman–Crippen MR) is 109 cm³/mol. The van der Waals surface area contributed by atoms with E-state index >= 15 is 0 Å². The first kappa shape index (κ1) is 23.7. The van der Waals surface area contributed by atoms with Crippen LogP contribution in [0.25, 0.3) is 5.65 Å². The molecule has 0 aromatic carbocycles. The van der Waals surface area contributed by atoms with E-state index in [0.29, 0.717) is 17.2 Å². The molecule has 2 fully saturated rings. The normalized spacial score (nSPS) is 28.9. The number of aliphatic hydroxyl groups excluding tert-OH is 2. The number of fused-ring (bicyclic) bond motifs is 1. The highest BCUT2D eigenvalue weighted by atomic mass is 31.2. The fourth-order valence-electron chi connectivity index (χ4n) is 3.99. The van der Waals surface area contributed by atoms with E-state index in [2.05, 4.69) is 20.4 Å². The molecule has 1 saturated carbocycles. The zero-order valence-corrected chi connectivity index (χ0v) is 18.6. The number of hydrogen-bond donors (Lipinski definition) is 6. The number of ether oxygens (including phenoxy) is 1. The molecule has 1 saturated heterocycles. The third-order valence-electron chi connectivity index (χ3n) is 5.48. The van der Waals surface area contributed by atoms with Gasteiger partial charge < -0.3 is 39.5 Å². The number of aliphatic hydroxyl groups is 2. The van der Waals surface area contributed by atoms with Crippen molar-refractivity contribution in [2.24, 2.45) is 0 Å². The second-order valence-corrected chi connectivity index (χ2v) is 12.0. The number of anilines is 1. The van der Waals surface area contributed by atoms with E-state index in [-0.39, 0.29) is 6.04 Å². The Hall–Kier alpha value is -1.47. The number of rotatable bonds is 8. The van der Waals surface area contributed by atoms with Gasteiger partial charge in [0.25, 0.3) is 0 Å². The number of nitrogens with one attached hydrogen (secondary N) is 1. The highest BCUT2D eigenvalue weighted by Crippen LogP contribution is 2.55. The smallest absolute Gasteiger partial charge is 0.340 e. The van der Waals surface area contributed by atoms with Crippen molar-refractivity contribution in [3.63, 3.8) is 0 Å². The molecule has 178 valence electrons. The summed E-state index contributed by atoms with van der Waals surface area (Å²) in [6.45, 7) is -0.664. The van der Waals surface area contributed by atoms with E-state index < -0.39 is 52.1 Å². The zero-order chi connectivity index (χ0) is 23.1. The average molecular weight is 493 g/mol. The molecule has 4 rings (SSSR count). The first-order chi connectivity index (χ1) is 15.0. The van der Waals surface area contributed by atoms with Crippen molar-refractivity contribution in [3.8, 4) is 0 Å². The minimum absolute atomic E-state index is 0.285. The van der Waals surface area contributed by atoms with E-state index in [4.69, 9.17) is 19.0 Å². The molecule has 1 aliphatic heterocycles. The first-order valence-corrected chi connectivity index (χ1v) is 13.6. The van der Waals surface area contributed by atoms with Crippen LogP contribution in [0, 0.1) is 0 Å². The van der Waals surface area contributed by atoms with Crippen molar-refractivity contribution in [2.45, 2.75) is 56.1 Å². The Labute approximate surface area is 182 Å². The fourth-order valence-corrected chi connectivity index (χ4v) is 6.56. The van der Waals surface area contributed by atoms with Crippen molar-refractivity contribution in [1.82, 2.24) is 19.6 Å². The van der Waals surface area contributed by atoms with Crippen LogP contribution in [-0.2, 0) is 18.4 Å². The lowest BCUT2D eigenvalue weighted by Crippen LogP contribution is -2.33. The molecule has 2 aliphatic rings. The number of imidazole rings is 1. The van der Waals surface area contributed by atoms with Gasteiger partial charge in [0.2, 0.25) is 0 Å². The second-order valence-electron chi connectivity index (χ2n) is 7.97. The van der Waals surface area contributed by atoms with Crippen LogP contribution in [0.5, 0.6) is 0 Å². The van der Waals surface area contributed by atoms with Gasteiger partial charge in [-0.15, -0.1) is 0 Å². The monoisotopic (exact) mass is 493 g/mol. The number of nitrogens with zero attached hydrogens (tertiary/aromatic N) is 4. The van der Waals surface area contributed by atoms with Gasteiger partial charge in [-0.3, -0.25) is 9.13 Å². The van der Waals surface area contributed by atoms with Crippen molar-refractivity contribution in [2.75, 3.05) is 17.8 Å². The Morgan fingerprint density at radius 1 is 1.16 bits per heavy atom. The molecule has 32 heavy (non-hydrogen) atoms. The second kappa shape index (κ2) is 9.05. The minimum Gasteiger partial charge on any atom is -0.387 e. The molecule has 0 bridgehead atoms. The summed E-state index contributed by atoms with van der Waals surface area (Å²) in [5.41, 5.74) is 0.745. The molecule has 5 atom stereocenters. The van der Waals surface area contributed by atoms with Crippen LogP contribution in [0.4, 0.5) is 5.82 Å². The van der Waals surface area contributed by atoms with Gasteiger partial charge in [0.15, 0.2) is 17.4 Å². The first-order valence-electron chi connectivity index (χ1n) is 10.0.